The second-order valence-electron chi connectivity index (χ2n) is 4.00. The topological polar surface area (TPSA) is 111 Å². The highest BCUT2D eigenvalue weighted by atomic mass is 35.5. The minimum Gasteiger partial charge on any atom is -0.368 e. The van der Waals surface area contributed by atoms with E-state index >= 15 is 0 Å². The summed E-state index contributed by atoms with van der Waals surface area (Å²) < 4.78 is 14.0. The van der Waals surface area contributed by atoms with Gasteiger partial charge in [0.25, 0.3) is 5.91 Å². The summed E-state index contributed by atoms with van der Waals surface area (Å²) in [6, 6.07) is 2.48. The van der Waals surface area contributed by atoms with E-state index in [0.717, 1.165) is 12.4 Å². The third kappa shape index (κ3) is 1.82. The SMILES string of the molecule is NC(=O)C1N=CNC1(C(N)=O)c1c(F)cccc1Cl. The maximum absolute atomic E-state index is 14.0. The Morgan fingerprint density at radius 3 is 2.63 bits per heavy atom. The molecule has 2 unspecified atom stereocenters. The fraction of sp³-hybridized carbons (Fsp3) is 0.182. The Kier molecular flexibility index (Phi) is 3.15. The first-order valence-corrected chi connectivity index (χ1v) is 5.62. The quantitative estimate of drug-likeness (QED) is 0.705. The second kappa shape index (κ2) is 4.51. The van der Waals surface area contributed by atoms with Gasteiger partial charge < -0.3 is 16.8 Å². The highest BCUT2D eigenvalue weighted by molar-refractivity contribution is 6.32. The van der Waals surface area contributed by atoms with Crippen molar-refractivity contribution in [2.24, 2.45) is 16.5 Å². The fourth-order valence-corrected chi connectivity index (χ4v) is 2.42. The predicted octanol–water partition coefficient (Wildman–Crippen LogP) is -0.355. The average molecular weight is 285 g/mol. The summed E-state index contributed by atoms with van der Waals surface area (Å²) in [5, 5.41) is 2.45. The molecule has 1 aromatic carbocycles. The third-order valence-corrected chi connectivity index (χ3v) is 3.26. The van der Waals surface area contributed by atoms with Crippen LogP contribution >= 0.6 is 11.6 Å². The Labute approximate surface area is 112 Å². The minimum atomic E-state index is -1.91. The third-order valence-electron chi connectivity index (χ3n) is 2.94. The van der Waals surface area contributed by atoms with Crippen LogP contribution in [0.1, 0.15) is 5.56 Å². The van der Waals surface area contributed by atoms with E-state index in [1.165, 1.54) is 12.1 Å². The van der Waals surface area contributed by atoms with Gasteiger partial charge in [0.1, 0.15) is 5.82 Å². The van der Waals surface area contributed by atoms with Gasteiger partial charge in [0.05, 0.1) is 6.34 Å². The number of primary amides is 2. The van der Waals surface area contributed by atoms with E-state index in [9.17, 15) is 14.0 Å². The van der Waals surface area contributed by atoms with E-state index < -0.39 is 29.2 Å². The second-order valence-corrected chi connectivity index (χ2v) is 4.40. The van der Waals surface area contributed by atoms with E-state index in [0.29, 0.717) is 0 Å². The predicted molar refractivity (Wildman–Crippen MR) is 66.9 cm³/mol. The van der Waals surface area contributed by atoms with Gasteiger partial charge in [-0.3, -0.25) is 14.6 Å². The van der Waals surface area contributed by atoms with Crippen LogP contribution in [0.3, 0.4) is 0 Å². The van der Waals surface area contributed by atoms with Crippen molar-refractivity contribution in [3.8, 4) is 0 Å². The number of carbonyl (C=O) groups excluding carboxylic acids is 2. The first kappa shape index (κ1) is 13.3. The van der Waals surface area contributed by atoms with Gasteiger partial charge in [-0.25, -0.2) is 4.39 Å². The van der Waals surface area contributed by atoms with Gasteiger partial charge in [-0.15, -0.1) is 0 Å². The maximum Gasteiger partial charge on any atom is 0.250 e. The number of carbonyl (C=O) groups is 2. The minimum absolute atomic E-state index is 0.0527. The van der Waals surface area contributed by atoms with Crippen molar-refractivity contribution in [2.75, 3.05) is 0 Å². The van der Waals surface area contributed by atoms with Crippen molar-refractivity contribution < 1.29 is 14.0 Å². The van der Waals surface area contributed by atoms with E-state index in [1.54, 1.807) is 0 Å². The van der Waals surface area contributed by atoms with Gasteiger partial charge in [-0.2, -0.15) is 0 Å². The molecule has 19 heavy (non-hydrogen) atoms. The number of hydrogen-bond acceptors (Lipinski definition) is 4. The normalized spacial score (nSPS) is 25.1. The molecule has 0 spiro atoms. The number of hydrogen-bond donors (Lipinski definition) is 3. The van der Waals surface area contributed by atoms with E-state index in [1.807, 2.05) is 0 Å². The monoisotopic (exact) mass is 284 g/mol. The molecule has 1 heterocycles. The average Bonchev–Trinajstić information content (AvgIpc) is 2.74. The Hall–Kier alpha value is -2.15. The fourth-order valence-electron chi connectivity index (χ4n) is 2.10. The van der Waals surface area contributed by atoms with Crippen LogP contribution in [0.4, 0.5) is 4.39 Å². The molecule has 1 aromatic rings. The lowest BCUT2D eigenvalue weighted by Gasteiger charge is -2.31. The van der Waals surface area contributed by atoms with Gasteiger partial charge >= 0.3 is 0 Å². The largest absolute Gasteiger partial charge is 0.368 e. The lowest BCUT2D eigenvalue weighted by atomic mass is 9.82. The van der Waals surface area contributed by atoms with E-state index in [-0.39, 0.29) is 10.6 Å². The number of amides is 2. The van der Waals surface area contributed by atoms with Crippen LogP contribution in [0.5, 0.6) is 0 Å². The van der Waals surface area contributed by atoms with Gasteiger partial charge in [0.15, 0.2) is 11.6 Å². The van der Waals surface area contributed by atoms with Crippen LogP contribution in [0.25, 0.3) is 0 Å². The number of aliphatic imine (C=N–C) groups is 1. The lowest BCUT2D eigenvalue weighted by Crippen LogP contribution is -2.59. The highest BCUT2D eigenvalue weighted by Gasteiger charge is 2.53. The van der Waals surface area contributed by atoms with Crippen LogP contribution in [0.2, 0.25) is 5.02 Å². The smallest absolute Gasteiger partial charge is 0.250 e. The highest BCUT2D eigenvalue weighted by Crippen LogP contribution is 2.36. The number of nitrogens with one attached hydrogen (secondary N) is 1. The van der Waals surface area contributed by atoms with Crippen molar-refractivity contribution in [2.45, 2.75) is 11.6 Å². The molecule has 0 fully saturated rings. The number of nitrogens with zero attached hydrogens (tertiary/aromatic N) is 1. The summed E-state index contributed by atoms with van der Waals surface area (Å²) in [6.07, 6.45) is 1.09. The summed E-state index contributed by atoms with van der Waals surface area (Å²) in [5.41, 5.74) is 8.35. The molecule has 0 saturated carbocycles. The molecule has 1 aliphatic rings. The van der Waals surface area contributed by atoms with Crippen molar-refractivity contribution in [3.63, 3.8) is 0 Å². The van der Waals surface area contributed by atoms with E-state index in [4.69, 9.17) is 23.1 Å². The van der Waals surface area contributed by atoms with Crippen molar-refractivity contribution >= 4 is 29.8 Å². The molecule has 5 N–H and O–H groups in total. The molecule has 8 heteroatoms. The molecule has 2 atom stereocenters. The first-order valence-electron chi connectivity index (χ1n) is 5.24. The molecular weight excluding hydrogens is 275 g/mol. The molecule has 2 rings (SSSR count). The number of benzene rings is 1. The zero-order valence-corrected chi connectivity index (χ0v) is 10.3. The number of rotatable bonds is 3. The zero-order valence-electron chi connectivity index (χ0n) is 9.56. The number of nitrogens with two attached hydrogens (primary N) is 2. The van der Waals surface area contributed by atoms with Crippen LogP contribution in [-0.2, 0) is 15.1 Å². The Morgan fingerprint density at radius 1 is 1.42 bits per heavy atom. The summed E-state index contributed by atoms with van der Waals surface area (Å²) in [4.78, 5) is 26.9. The molecule has 2 amide bonds. The van der Waals surface area contributed by atoms with Crippen LogP contribution in [0, 0.1) is 5.82 Å². The Bertz CT molecular complexity index is 572. The van der Waals surface area contributed by atoms with Crippen molar-refractivity contribution in [3.05, 3.63) is 34.6 Å². The summed E-state index contributed by atoms with van der Waals surface area (Å²) in [7, 11) is 0. The van der Waals surface area contributed by atoms with Crippen molar-refractivity contribution in [1.29, 1.82) is 0 Å². The van der Waals surface area contributed by atoms with Crippen molar-refractivity contribution in [1.82, 2.24) is 5.32 Å². The molecule has 1 aliphatic heterocycles. The molecule has 0 saturated heterocycles. The van der Waals surface area contributed by atoms with Gasteiger partial charge in [0, 0.05) is 10.6 Å². The zero-order chi connectivity index (χ0) is 14.2. The van der Waals surface area contributed by atoms with E-state index in [2.05, 4.69) is 10.3 Å². The molecular formula is C11H10ClFN4O2. The molecule has 6 nitrogen and oxygen atoms in total. The molecule has 0 bridgehead atoms. The summed E-state index contributed by atoms with van der Waals surface area (Å²) >= 11 is 5.92. The Morgan fingerprint density at radius 2 is 2.11 bits per heavy atom. The van der Waals surface area contributed by atoms with Gasteiger partial charge in [-0.05, 0) is 12.1 Å². The molecule has 0 aromatic heterocycles. The number of halogens is 2. The summed E-state index contributed by atoms with van der Waals surface area (Å²) in [5.74, 6) is -2.70. The summed E-state index contributed by atoms with van der Waals surface area (Å²) in [6.45, 7) is 0. The standard InChI is InChI=1S/C11H10ClFN4O2/c12-5-2-1-3-6(13)7(5)11(10(15)19)8(9(14)18)16-4-17-11/h1-4,8H,(H2,14,18)(H2,15,19)(H,16,17). The first-order chi connectivity index (χ1) is 8.91. The van der Waals surface area contributed by atoms with Gasteiger partial charge in [0.2, 0.25) is 5.91 Å². The van der Waals surface area contributed by atoms with Gasteiger partial charge in [-0.1, -0.05) is 17.7 Å². The lowest BCUT2D eigenvalue weighted by molar-refractivity contribution is -0.130. The van der Waals surface area contributed by atoms with Crippen LogP contribution in [0.15, 0.2) is 23.2 Å². The maximum atomic E-state index is 14.0. The molecule has 100 valence electrons. The Balaban J connectivity index is 2.72. The van der Waals surface area contributed by atoms with Crippen LogP contribution < -0.4 is 16.8 Å². The van der Waals surface area contributed by atoms with Crippen LogP contribution in [-0.4, -0.2) is 24.2 Å². The molecule has 0 radical (unpaired) electrons. The molecule has 0 aliphatic carbocycles.